The van der Waals surface area contributed by atoms with Crippen molar-refractivity contribution >= 4 is 55.9 Å². The van der Waals surface area contributed by atoms with Gasteiger partial charge in [-0.3, -0.25) is 19.2 Å². The van der Waals surface area contributed by atoms with E-state index >= 15 is 0 Å². The fraction of sp³-hybridized carbons (Fsp3) is 0.200. The molecule has 5 rings (SSSR count). The van der Waals surface area contributed by atoms with Gasteiger partial charge in [0.1, 0.15) is 11.5 Å². The summed E-state index contributed by atoms with van der Waals surface area (Å²) in [5, 5.41) is 4.05. The number of fused-ring (bicyclic) bond motifs is 3. The van der Waals surface area contributed by atoms with Gasteiger partial charge in [-0.15, -0.1) is 11.3 Å². The monoisotopic (exact) mass is 475 g/mol. The molecule has 2 heterocycles. The Balaban J connectivity index is 1.33. The number of nitrogens with zero attached hydrogens (tertiary/aromatic N) is 1. The van der Waals surface area contributed by atoms with E-state index in [4.69, 9.17) is 10.5 Å². The number of ether oxygens (including phenoxy) is 1. The Hall–Kier alpha value is -3.98. The Labute approximate surface area is 197 Å². The minimum absolute atomic E-state index is 0.108. The molecule has 0 unspecified atom stereocenters. The number of pyridine rings is 1. The van der Waals surface area contributed by atoms with Crippen LogP contribution in [0.5, 0.6) is 0 Å². The minimum atomic E-state index is -0.627. The number of amides is 2. The van der Waals surface area contributed by atoms with Gasteiger partial charge in [0.15, 0.2) is 12.0 Å². The first-order chi connectivity index (χ1) is 16.4. The summed E-state index contributed by atoms with van der Waals surface area (Å²) >= 11 is 1.34. The third-order valence-corrected chi connectivity index (χ3v) is 7.16. The number of hydrogen-bond donors (Lipinski definition) is 2. The van der Waals surface area contributed by atoms with E-state index in [1.165, 1.54) is 11.3 Å². The highest BCUT2D eigenvalue weighted by atomic mass is 32.1. The van der Waals surface area contributed by atoms with Gasteiger partial charge in [0.05, 0.1) is 16.6 Å². The van der Waals surface area contributed by atoms with E-state index in [1.807, 2.05) is 0 Å². The molecule has 0 radical (unpaired) electrons. The molecule has 34 heavy (non-hydrogen) atoms. The molecule has 0 bridgehead atoms. The van der Waals surface area contributed by atoms with Gasteiger partial charge >= 0.3 is 5.97 Å². The summed E-state index contributed by atoms with van der Waals surface area (Å²) in [5.74, 6) is -1.76. The molecule has 9 heteroatoms. The lowest BCUT2D eigenvalue weighted by Gasteiger charge is -2.14. The second-order valence-electron chi connectivity index (χ2n) is 8.08. The van der Waals surface area contributed by atoms with Crippen LogP contribution in [0.25, 0.3) is 21.8 Å². The maximum atomic E-state index is 12.8. The first-order valence-electron chi connectivity index (χ1n) is 10.8. The van der Waals surface area contributed by atoms with Crippen LogP contribution in [0.1, 0.15) is 27.2 Å². The van der Waals surface area contributed by atoms with E-state index in [-0.39, 0.29) is 12.0 Å². The number of thiophene rings is 1. The van der Waals surface area contributed by atoms with E-state index in [0.717, 1.165) is 29.7 Å². The Bertz CT molecular complexity index is 1480. The van der Waals surface area contributed by atoms with Crippen molar-refractivity contribution in [3.05, 3.63) is 74.8 Å². The molecule has 0 atom stereocenters. The van der Waals surface area contributed by atoms with Gasteiger partial charge in [-0.1, -0.05) is 24.3 Å². The predicted molar refractivity (Wildman–Crippen MR) is 130 cm³/mol. The number of carbonyl (C=O) groups excluding carboxylic acids is 3. The highest BCUT2D eigenvalue weighted by molar-refractivity contribution is 7.17. The fourth-order valence-corrected chi connectivity index (χ4v) is 5.79. The Morgan fingerprint density at radius 1 is 1.00 bits per heavy atom. The SMILES string of the molecule is NC(=O)c1c(NC(=O)COC(=O)Cn2c3ccccc3c(=O)c3ccccc32)sc2c1CCC2. The van der Waals surface area contributed by atoms with Crippen molar-refractivity contribution in [2.75, 3.05) is 11.9 Å². The molecule has 1 aliphatic carbocycles. The van der Waals surface area contributed by atoms with Crippen LogP contribution < -0.4 is 16.5 Å². The number of esters is 1. The van der Waals surface area contributed by atoms with Gasteiger partial charge in [-0.05, 0) is 49.1 Å². The smallest absolute Gasteiger partial charge is 0.326 e. The summed E-state index contributed by atoms with van der Waals surface area (Å²) in [7, 11) is 0. The number of aryl methyl sites for hydroxylation is 1. The number of hydrogen-bond acceptors (Lipinski definition) is 6. The Morgan fingerprint density at radius 3 is 2.29 bits per heavy atom. The number of nitrogens with two attached hydrogens (primary N) is 1. The summed E-state index contributed by atoms with van der Waals surface area (Å²) in [6.07, 6.45) is 2.57. The average molecular weight is 476 g/mol. The number of para-hydroxylation sites is 2. The molecule has 2 amide bonds. The number of rotatable bonds is 6. The minimum Gasteiger partial charge on any atom is -0.454 e. The van der Waals surface area contributed by atoms with E-state index in [0.29, 0.717) is 32.4 Å². The van der Waals surface area contributed by atoms with Crippen molar-refractivity contribution in [1.29, 1.82) is 0 Å². The zero-order chi connectivity index (χ0) is 23.8. The topological polar surface area (TPSA) is 120 Å². The van der Waals surface area contributed by atoms with Crippen LogP contribution in [0, 0.1) is 0 Å². The third-order valence-electron chi connectivity index (χ3n) is 5.95. The lowest BCUT2D eigenvalue weighted by molar-refractivity contribution is -0.147. The van der Waals surface area contributed by atoms with Crippen LogP contribution in [0.2, 0.25) is 0 Å². The van der Waals surface area contributed by atoms with Crippen LogP contribution in [-0.2, 0) is 33.7 Å². The van der Waals surface area contributed by atoms with Crippen molar-refractivity contribution in [2.24, 2.45) is 5.73 Å². The number of primary amides is 1. The molecule has 3 N–H and O–H groups in total. The zero-order valence-corrected chi connectivity index (χ0v) is 18.9. The molecular formula is C25H21N3O5S. The van der Waals surface area contributed by atoms with Crippen LogP contribution in [0.3, 0.4) is 0 Å². The molecule has 2 aromatic carbocycles. The summed E-state index contributed by atoms with van der Waals surface area (Å²) in [4.78, 5) is 50.9. The molecule has 4 aromatic rings. The molecule has 172 valence electrons. The zero-order valence-electron chi connectivity index (χ0n) is 18.1. The van der Waals surface area contributed by atoms with E-state index in [9.17, 15) is 19.2 Å². The van der Waals surface area contributed by atoms with Gasteiger partial charge in [-0.2, -0.15) is 0 Å². The van der Waals surface area contributed by atoms with E-state index in [1.54, 1.807) is 53.1 Å². The van der Waals surface area contributed by atoms with Crippen molar-refractivity contribution in [3.63, 3.8) is 0 Å². The maximum absolute atomic E-state index is 12.8. The molecule has 0 fully saturated rings. The van der Waals surface area contributed by atoms with Crippen LogP contribution in [0.4, 0.5) is 5.00 Å². The van der Waals surface area contributed by atoms with Crippen molar-refractivity contribution in [1.82, 2.24) is 4.57 Å². The molecule has 2 aromatic heterocycles. The van der Waals surface area contributed by atoms with Crippen LogP contribution >= 0.6 is 11.3 Å². The van der Waals surface area contributed by atoms with E-state index < -0.39 is 24.4 Å². The quantitative estimate of drug-likeness (QED) is 0.328. The second kappa shape index (κ2) is 8.75. The van der Waals surface area contributed by atoms with Gasteiger partial charge in [-0.25, -0.2) is 0 Å². The highest BCUT2D eigenvalue weighted by Gasteiger charge is 2.26. The number of benzene rings is 2. The second-order valence-corrected chi connectivity index (χ2v) is 9.19. The standard InChI is InChI=1S/C25H21N3O5S/c26-24(32)22-16-8-5-11-19(16)34-25(22)27-20(29)13-33-21(30)12-28-17-9-3-1-6-14(17)23(31)15-7-2-4-10-18(15)28/h1-4,6-7,9-10H,5,8,11-13H2,(H2,26,32)(H,27,29). The summed E-state index contributed by atoms with van der Waals surface area (Å²) < 4.78 is 6.93. The number of nitrogens with one attached hydrogen (secondary N) is 1. The summed E-state index contributed by atoms with van der Waals surface area (Å²) in [5.41, 5.74) is 7.88. The van der Waals surface area contributed by atoms with Gasteiger partial charge in [0.25, 0.3) is 11.8 Å². The lowest BCUT2D eigenvalue weighted by atomic mass is 10.1. The number of aromatic nitrogens is 1. The van der Waals surface area contributed by atoms with Crippen molar-refractivity contribution in [3.8, 4) is 0 Å². The Morgan fingerprint density at radius 2 is 1.65 bits per heavy atom. The van der Waals surface area contributed by atoms with Gasteiger partial charge in [0, 0.05) is 15.6 Å². The van der Waals surface area contributed by atoms with Crippen molar-refractivity contribution < 1.29 is 19.1 Å². The first-order valence-corrected chi connectivity index (χ1v) is 11.7. The van der Waals surface area contributed by atoms with Crippen LogP contribution in [0.15, 0.2) is 53.3 Å². The highest BCUT2D eigenvalue weighted by Crippen LogP contribution is 2.38. The summed E-state index contributed by atoms with van der Waals surface area (Å²) in [6.45, 7) is -0.677. The van der Waals surface area contributed by atoms with Crippen molar-refractivity contribution in [2.45, 2.75) is 25.8 Å². The molecule has 0 aliphatic heterocycles. The lowest BCUT2D eigenvalue weighted by Crippen LogP contribution is -2.24. The first kappa shape index (κ1) is 21.8. The van der Waals surface area contributed by atoms with E-state index in [2.05, 4.69) is 5.32 Å². The van der Waals surface area contributed by atoms with Gasteiger partial charge in [0.2, 0.25) is 0 Å². The molecular weight excluding hydrogens is 454 g/mol. The maximum Gasteiger partial charge on any atom is 0.326 e. The largest absolute Gasteiger partial charge is 0.454 e. The number of anilines is 1. The molecule has 0 spiro atoms. The number of carbonyl (C=O) groups is 3. The molecule has 1 aliphatic rings. The predicted octanol–water partition coefficient (Wildman–Crippen LogP) is 2.99. The normalized spacial score (nSPS) is 12.6. The van der Waals surface area contributed by atoms with Gasteiger partial charge < -0.3 is 20.4 Å². The molecule has 0 saturated carbocycles. The fourth-order valence-electron chi connectivity index (χ4n) is 4.48. The molecule has 0 saturated heterocycles. The van der Waals surface area contributed by atoms with Crippen LogP contribution in [-0.4, -0.2) is 29.0 Å². The molecule has 8 nitrogen and oxygen atoms in total. The summed E-state index contributed by atoms with van der Waals surface area (Å²) in [6, 6.07) is 14.1. The Kier molecular flexibility index (Phi) is 5.62. The third kappa shape index (κ3) is 3.84. The average Bonchev–Trinajstić information content (AvgIpc) is 3.41.